The third-order valence-corrected chi connectivity index (χ3v) is 4.95. The first-order chi connectivity index (χ1) is 12.1. The molecule has 0 aromatic heterocycles. The molecule has 1 saturated heterocycles. The summed E-state index contributed by atoms with van der Waals surface area (Å²) in [6.07, 6.45) is 3.06. The molecule has 0 N–H and O–H groups in total. The zero-order chi connectivity index (χ0) is 17.8. The van der Waals surface area contributed by atoms with E-state index in [2.05, 4.69) is 4.90 Å². The van der Waals surface area contributed by atoms with Gasteiger partial charge in [-0.3, -0.25) is 14.5 Å². The smallest absolute Gasteiger partial charge is 0.254 e. The van der Waals surface area contributed by atoms with Crippen molar-refractivity contribution in [2.45, 2.75) is 32.2 Å². The fourth-order valence-electron chi connectivity index (χ4n) is 3.44. The van der Waals surface area contributed by atoms with Crippen LogP contribution in [0.25, 0.3) is 0 Å². The lowest BCUT2D eigenvalue weighted by atomic mass is 10.2. The van der Waals surface area contributed by atoms with Gasteiger partial charge in [-0.2, -0.15) is 0 Å². The molecule has 2 aliphatic rings. The molecule has 0 bridgehead atoms. The largest absolute Gasteiger partial charge is 0.339 e. The van der Waals surface area contributed by atoms with E-state index in [1.165, 1.54) is 12.1 Å². The lowest BCUT2D eigenvalue weighted by Crippen LogP contribution is -2.43. The Labute approximate surface area is 148 Å². The van der Waals surface area contributed by atoms with Crippen molar-refractivity contribution in [1.29, 1.82) is 0 Å². The molecule has 25 heavy (non-hydrogen) atoms. The Bertz CT molecular complexity index is 633. The van der Waals surface area contributed by atoms with Gasteiger partial charge in [-0.1, -0.05) is 6.07 Å². The molecule has 5 nitrogen and oxygen atoms in total. The van der Waals surface area contributed by atoms with Crippen LogP contribution in [0.5, 0.6) is 0 Å². The van der Waals surface area contributed by atoms with Crippen molar-refractivity contribution in [3.05, 3.63) is 35.6 Å². The predicted molar refractivity (Wildman–Crippen MR) is 93.8 cm³/mol. The van der Waals surface area contributed by atoms with E-state index in [-0.39, 0.29) is 11.8 Å². The molecule has 2 fully saturated rings. The fraction of sp³-hybridized carbons (Fsp3) is 0.579. The molecule has 1 aromatic carbocycles. The first-order valence-corrected chi connectivity index (χ1v) is 9.15. The molecule has 1 aliphatic heterocycles. The quantitative estimate of drug-likeness (QED) is 0.818. The van der Waals surface area contributed by atoms with E-state index >= 15 is 0 Å². The zero-order valence-electron chi connectivity index (χ0n) is 14.8. The Hall–Kier alpha value is -1.95. The molecule has 0 unspecified atom stereocenters. The van der Waals surface area contributed by atoms with E-state index in [0.717, 1.165) is 32.4 Å². The second kappa shape index (κ2) is 7.95. The molecular weight excluding hydrogens is 321 g/mol. The summed E-state index contributed by atoms with van der Waals surface area (Å²) in [7, 11) is 0. The molecule has 1 aromatic rings. The van der Waals surface area contributed by atoms with Crippen molar-refractivity contribution >= 4 is 11.8 Å². The van der Waals surface area contributed by atoms with Gasteiger partial charge in [0.05, 0.1) is 6.54 Å². The van der Waals surface area contributed by atoms with E-state index in [4.69, 9.17) is 0 Å². The van der Waals surface area contributed by atoms with Gasteiger partial charge in [0, 0.05) is 44.3 Å². The van der Waals surface area contributed by atoms with Gasteiger partial charge in [0.2, 0.25) is 5.91 Å². The van der Waals surface area contributed by atoms with Crippen LogP contribution < -0.4 is 0 Å². The second-order valence-electron chi connectivity index (χ2n) is 6.84. The normalized spacial score (nSPS) is 18.7. The minimum absolute atomic E-state index is 0.138. The lowest BCUT2D eigenvalue weighted by Gasteiger charge is -2.26. The van der Waals surface area contributed by atoms with Gasteiger partial charge < -0.3 is 9.80 Å². The number of hydrogen-bond acceptors (Lipinski definition) is 3. The van der Waals surface area contributed by atoms with Gasteiger partial charge in [0.15, 0.2) is 0 Å². The van der Waals surface area contributed by atoms with Crippen molar-refractivity contribution in [2.75, 3.05) is 39.3 Å². The summed E-state index contributed by atoms with van der Waals surface area (Å²) in [5, 5.41) is 0. The molecule has 0 radical (unpaired) electrons. The average molecular weight is 347 g/mol. The molecule has 0 atom stereocenters. The Morgan fingerprint density at radius 1 is 1.20 bits per heavy atom. The van der Waals surface area contributed by atoms with E-state index in [9.17, 15) is 14.0 Å². The topological polar surface area (TPSA) is 43.9 Å². The maximum atomic E-state index is 13.3. The van der Waals surface area contributed by atoms with E-state index < -0.39 is 5.82 Å². The van der Waals surface area contributed by atoms with Gasteiger partial charge in [-0.05, 0) is 44.4 Å². The van der Waals surface area contributed by atoms with Gasteiger partial charge >= 0.3 is 0 Å². The minimum Gasteiger partial charge on any atom is -0.339 e. The summed E-state index contributed by atoms with van der Waals surface area (Å²) in [5.74, 6) is -0.344. The van der Waals surface area contributed by atoms with Gasteiger partial charge in [-0.15, -0.1) is 0 Å². The highest BCUT2D eigenvalue weighted by Crippen LogP contribution is 2.26. The fourth-order valence-corrected chi connectivity index (χ4v) is 3.44. The number of hydrogen-bond donors (Lipinski definition) is 0. The highest BCUT2D eigenvalue weighted by atomic mass is 19.1. The monoisotopic (exact) mass is 347 g/mol. The van der Waals surface area contributed by atoms with E-state index in [0.29, 0.717) is 37.8 Å². The number of halogens is 1. The molecule has 6 heteroatoms. The minimum atomic E-state index is -0.396. The van der Waals surface area contributed by atoms with Crippen LogP contribution in [-0.4, -0.2) is 71.8 Å². The Morgan fingerprint density at radius 3 is 2.68 bits per heavy atom. The maximum absolute atomic E-state index is 13.3. The summed E-state index contributed by atoms with van der Waals surface area (Å²) in [6, 6.07) is 6.26. The number of benzene rings is 1. The van der Waals surface area contributed by atoms with Crippen LogP contribution in [0.2, 0.25) is 0 Å². The number of likely N-dealkylation sites (N-methyl/N-ethyl adjacent to an activating group) is 1. The van der Waals surface area contributed by atoms with Gasteiger partial charge in [0.25, 0.3) is 5.91 Å². The summed E-state index contributed by atoms with van der Waals surface area (Å²) in [4.78, 5) is 30.9. The first kappa shape index (κ1) is 17.9. The van der Waals surface area contributed by atoms with Gasteiger partial charge in [0.1, 0.15) is 5.82 Å². The molecule has 1 heterocycles. The van der Waals surface area contributed by atoms with Crippen LogP contribution in [-0.2, 0) is 4.79 Å². The zero-order valence-corrected chi connectivity index (χ0v) is 14.8. The van der Waals surface area contributed by atoms with Crippen LogP contribution in [0.3, 0.4) is 0 Å². The van der Waals surface area contributed by atoms with Crippen molar-refractivity contribution < 1.29 is 14.0 Å². The average Bonchev–Trinajstić information content (AvgIpc) is 3.43. The van der Waals surface area contributed by atoms with E-state index in [1.807, 2.05) is 11.8 Å². The lowest BCUT2D eigenvalue weighted by molar-refractivity contribution is -0.132. The molecule has 1 aliphatic carbocycles. The summed E-state index contributed by atoms with van der Waals surface area (Å²) in [6.45, 7) is 5.90. The number of rotatable bonds is 5. The third-order valence-electron chi connectivity index (χ3n) is 4.95. The molecule has 0 spiro atoms. The van der Waals surface area contributed by atoms with Crippen LogP contribution in [0.15, 0.2) is 24.3 Å². The Balaban J connectivity index is 1.55. The van der Waals surface area contributed by atoms with Crippen LogP contribution >= 0.6 is 0 Å². The van der Waals surface area contributed by atoms with Crippen LogP contribution in [0, 0.1) is 5.82 Å². The predicted octanol–water partition coefficient (Wildman–Crippen LogP) is 1.98. The summed E-state index contributed by atoms with van der Waals surface area (Å²) >= 11 is 0. The number of nitrogens with zero attached hydrogens (tertiary/aromatic N) is 3. The Morgan fingerprint density at radius 2 is 2.00 bits per heavy atom. The maximum Gasteiger partial charge on any atom is 0.254 e. The summed E-state index contributed by atoms with van der Waals surface area (Å²) < 4.78 is 13.3. The summed E-state index contributed by atoms with van der Waals surface area (Å²) in [5.41, 5.74) is 0.385. The third kappa shape index (κ3) is 4.57. The molecule has 3 rings (SSSR count). The first-order valence-electron chi connectivity index (χ1n) is 9.15. The molecule has 2 amide bonds. The highest BCUT2D eigenvalue weighted by molar-refractivity contribution is 5.94. The molecule has 1 saturated carbocycles. The van der Waals surface area contributed by atoms with Crippen molar-refractivity contribution in [1.82, 2.24) is 14.7 Å². The SMILES string of the molecule is CCN(C(=O)CN1CCCN(C(=O)c2cccc(F)c2)CC1)C1CC1. The van der Waals surface area contributed by atoms with Crippen molar-refractivity contribution in [3.8, 4) is 0 Å². The standard InChI is InChI=1S/C19H26FN3O2/c1-2-23(17-7-8-17)18(24)14-21-9-4-10-22(12-11-21)19(25)15-5-3-6-16(20)13-15/h3,5-6,13,17H,2,4,7-12,14H2,1H3. The molecule has 136 valence electrons. The number of amides is 2. The van der Waals surface area contributed by atoms with Crippen LogP contribution in [0.4, 0.5) is 4.39 Å². The van der Waals surface area contributed by atoms with Crippen molar-refractivity contribution in [2.24, 2.45) is 0 Å². The Kier molecular flexibility index (Phi) is 5.68. The van der Waals surface area contributed by atoms with E-state index in [1.54, 1.807) is 17.0 Å². The highest BCUT2D eigenvalue weighted by Gasteiger charge is 2.32. The molecular formula is C19H26FN3O2. The van der Waals surface area contributed by atoms with Crippen molar-refractivity contribution in [3.63, 3.8) is 0 Å². The van der Waals surface area contributed by atoms with Crippen LogP contribution in [0.1, 0.15) is 36.5 Å². The van der Waals surface area contributed by atoms with Gasteiger partial charge in [-0.25, -0.2) is 4.39 Å². The number of carbonyl (C=O) groups excluding carboxylic acids is 2. The second-order valence-corrected chi connectivity index (χ2v) is 6.84. The number of carbonyl (C=O) groups is 2.